The minimum absolute atomic E-state index is 0.0247. The van der Waals surface area contributed by atoms with Crippen LogP contribution in [0.15, 0.2) is 0 Å². The Morgan fingerprint density at radius 3 is 2.78 bits per heavy atom. The molecule has 1 aliphatic rings. The van der Waals surface area contributed by atoms with E-state index in [4.69, 9.17) is 5.73 Å². The molecule has 124 valence electrons. The zero-order valence-corrected chi connectivity index (χ0v) is 14.6. The molecule has 2 aromatic heterocycles. The van der Waals surface area contributed by atoms with Gasteiger partial charge >= 0.3 is 0 Å². The van der Waals surface area contributed by atoms with Crippen LogP contribution in [0.4, 0.5) is 5.69 Å². The van der Waals surface area contributed by atoms with Crippen LogP contribution in [0.5, 0.6) is 0 Å². The third kappa shape index (κ3) is 3.02. The molecular weight excluding hydrogens is 336 g/mol. The smallest absolute Gasteiger partial charge is 0.263 e. The zero-order chi connectivity index (χ0) is 16.8. The van der Waals surface area contributed by atoms with Crippen LogP contribution < -0.4 is 11.1 Å². The first-order valence-electron chi connectivity index (χ1n) is 7.29. The maximum atomic E-state index is 12.4. The van der Waals surface area contributed by atoms with Crippen molar-refractivity contribution in [2.45, 2.75) is 20.3 Å². The number of hydrogen-bond donors (Lipinski definition) is 2. The van der Waals surface area contributed by atoms with Crippen LogP contribution in [0.2, 0.25) is 0 Å². The Morgan fingerprint density at radius 2 is 2.13 bits per heavy atom. The van der Waals surface area contributed by atoms with Crippen LogP contribution >= 0.6 is 11.3 Å². The third-order valence-electron chi connectivity index (χ3n) is 4.22. The summed E-state index contributed by atoms with van der Waals surface area (Å²) in [5.74, 6) is 0.0288. The van der Waals surface area contributed by atoms with E-state index >= 15 is 0 Å². The van der Waals surface area contributed by atoms with Crippen molar-refractivity contribution < 1.29 is 13.2 Å². The van der Waals surface area contributed by atoms with E-state index < -0.39 is 9.84 Å². The van der Waals surface area contributed by atoms with Crippen LogP contribution in [0, 0.1) is 19.8 Å². The molecule has 9 heteroatoms. The largest absolute Gasteiger partial charge is 0.397 e. The highest BCUT2D eigenvalue weighted by Crippen LogP contribution is 2.34. The van der Waals surface area contributed by atoms with E-state index in [0.717, 1.165) is 16.6 Å². The van der Waals surface area contributed by atoms with Crippen molar-refractivity contribution in [3.8, 4) is 0 Å². The van der Waals surface area contributed by atoms with E-state index in [0.29, 0.717) is 28.4 Å². The number of hydrogen-bond acceptors (Lipinski definition) is 7. The van der Waals surface area contributed by atoms with E-state index in [1.165, 1.54) is 11.3 Å². The number of nitrogens with zero attached hydrogens (tertiary/aromatic N) is 2. The van der Waals surface area contributed by atoms with Gasteiger partial charge in [0.15, 0.2) is 9.84 Å². The maximum absolute atomic E-state index is 12.4. The fourth-order valence-electron chi connectivity index (χ4n) is 2.76. The van der Waals surface area contributed by atoms with E-state index in [1.54, 1.807) is 0 Å². The molecule has 3 heterocycles. The number of fused-ring (bicyclic) bond motifs is 1. The van der Waals surface area contributed by atoms with E-state index in [1.807, 2.05) is 13.8 Å². The highest BCUT2D eigenvalue weighted by Gasteiger charge is 2.28. The van der Waals surface area contributed by atoms with Crippen molar-refractivity contribution in [2.24, 2.45) is 5.92 Å². The Bertz CT molecular complexity index is 889. The molecule has 2 aromatic rings. The quantitative estimate of drug-likeness (QED) is 0.851. The van der Waals surface area contributed by atoms with Gasteiger partial charge in [0.25, 0.3) is 5.91 Å². The number of amides is 1. The van der Waals surface area contributed by atoms with Crippen molar-refractivity contribution in [3.05, 3.63) is 16.1 Å². The average Bonchev–Trinajstić information content (AvgIpc) is 3.01. The lowest BCUT2D eigenvalue weighted by Gasteiger charge is -2.09. The number of nitrogens with one attached hydrogen (secondary N) is 1. The summed E-state index contributed by atoms with van der Waals surface area (Å²) in [6.45, 7) is 4.09. The summed E-state index contributed by atoms with van der Waals surface area (Å²) >= 11 is 1.21. The molecule has 23 heavy (non-hydrogen) atoms. The second-order valence-electron chi connectivity index (χ2n) is 5.91. The number of anilines is 1. The number of aromatic nitrogens is 2. The number of carbonyl (C=O) groups excluding carboxylic acids is 1. The zero-order valence-electron chi connectivity index (χ0n) is 12.9. The third-order valence-corrected chi connectivity index (χ3v) is 7.14. The molecule has 0 radical (unpaired) electrons. The summed E-state index contributed by atoms with van der Waals surface area (Å²) in [5, 5.41) is 11.7. The van der Waals surface area contributed by atoms with Crippen molar-refractivity contribution in [1.82, 2.24) is 15.5 Å². The van der Waals surface area contributed by atoms with Gasteiger partial charge < -0.3 is 11.1 Å². The van der Waals surface area contributed by atoms with Crippen LogP contribution in [0.25, 0.3) is 10.2 Å². The van der Waals surface area contributed by atoms with Gasteiger partial charge in [0, 0.05) is 11.9 Å². The number of sulfone groups is 1. The van der Waals surface area contributed by atoms with Gasteiger partial charge in [-0.25, -0.2) is 8.42 Å². The Balaban J connectivity index is 1.79. The second kappa shape index (κ2) is 5.72. The standard InChI is InChI=1S/C14H18N4O3S2/c1-7-8(2)17-18-14-10(7)11(15)12(22-14)13(19)16-5-9-3-4-23(20,21)6-9/h9H,3-6,15H2,1-2H3,(H,16,19). The first kappa shape index (κ1) is 16.1. The van der Waals surface area contributed by atoms with Crippen LogP contribution in [-0.2, 0) is 9.84 Å². The molecule has 1 aliphatic heterocycles. The molecule has 3 N–H and O–H groups in total. The normalized spacial score (nSPS) is 20.0. The number of thiophene rings is 1. The molecule has 0 spiro atoms. The summed E-state index contributed by atoms with van der Waals surface area (Å²) < 4.78 is 22.9. The van der Waals surface area contributed by atoms with Crippen LogP contribution in [0.1, 0.15) is 27.3 Å². The Hall–Kier alpha value is -1.74. The fraction of sp³-hybridized carbons (Fsp3) is 0.500. The lowest BCUT2D eigenvalue weighted by molar-refractivity contribution is 0.0953. The van der Waals surface area contributed by atoms with Gasteiger partial charge in [-0.3, -0.25) is 4.79 Å². The highest BCUT2D eigenvalue weighted by molar-refractivity contribution is 7.91. The molecule has 1 atom stereocenters. The van der Waals surface area contributed by atoms with Crippen molar-refractivity contribution in [1.29, 1.82) is 0 Å². The second-order valence-corrected chi connectivity index (χ2v) is 9.14. The maximum Gasteiger partial charge on any atom is 0.263 e. The number of rotatable bonds is 3. The predicted molar refractivity (Wildman–Crippen MR) is 90.4 cm³/mol. The van der Waals surface area contributed by atoms with Gasteiger partial charge in [-0.1, -0.05) is 0 Å². The van der Waals surface area contributed by atoms with Crippen molar-refractivity contribution in [2.75, 3.05) is 23.8 Å². The first-order valence-corrected chi connectivity index (χ1v) is 9.93. The Kier molecular flexibility index (Phi) is 4.01. The molecule has 1 saturated heterocycles. The average molecular weight is 354 g/mol. The van der Waals surface area contributed by atoms with Gasteiger partial charge in [0.05, 0.1) is 22.9 Å². The molecular formula is C14H18N4O3S2. The van der Waals surface area contributed by atoms with E-state index in [2.05, 4.69) is 15.5 Å². The number of nitrogens with two attached hydrogens (primary N) is 1. The monoisotopic (exact) mass is 354 g/mol. The van der Waals surface area contributed by atoms with Gasteiger partial charge in [0.1, 0.15) is 9.71 Å². The Labute approximate surface area is 138 Å². The van der Waals surface area contributed by atoms with Gasteiger partial charge in [0.2, 0.25) is 0 Å². The van der Waals surface area contributed by atoms with E-state index in [-0.39, 0.29) is 23.3 Å². The Morgan fingerprint density at radius 1 is 1.39 bits per heavy atom. The molecule has 1 unspecified atom stereocenters. The molecule has 7 nitrogen and oxygen atoms in total. The van der Waals surface area contributed by atoms with Gasteiger partial charge in [-0.15, -0.1) is 16.4 Å². The van der Waals surface area contributed by atoms with Crippen LogP contribution in [-0.4, -0.2) is 42.6 Å². The molecule has 0 aromatic carbocycles. The summed E-state index contributed by atoms with van der Waals surface area (Å²) in [6, 6.07) is 0. The van der Waals surface area contributed by atoms with Crippen molar-refractivity contribution >= 4 is 43.0 Å². The minimum atomic E-state index is -2.94. The number of nitrogen functional groups attached to an aromatic ring is 1. The summed E-state index contributed by atoms with van der Waals surface area (Å²) in [7, 11) is -2.94. The molecule has 0 saturated carbocycles. The van der Waals surface area contributed by atoms with Gasteiger partial charge in [-0.05, 0) is 31.7 Å². The topological polar surface area (TPSA) is 115 Å². The van der Waals surface area contributed by atoms with Crippen molar-refractivity contribution in [3.63, 3.8) is 0 Å². The lowest BCUT2D eigenvalue weighted by atomic mass is 10.1. The molecule has 1 fully saturated rings. The predicted octanol–water partition coefficient (Wildman–Crippen LogP) is 1.05. The first-order chi connectivity index (χ1) is 10.8. The molecule has 0 aliphatic carbocycles. The molecule has 1 amide bonds. The summed E-state index contributed by atoms with van der Waals surface area (Å²) in [4.78, 5) is 13.4. The van der Waals surface area contributed by atoms with Gasteiger partial charge in [-0.2, -0.15) is 5.10 Å². The van der Waals surface area contributed by atoms with Crippen LogP contribution in [0.3, 0.4) is 0 Å². The minimum Gasteiger partial charge on any atom is -0.397 e. The number of carbonyl (C=O) groups is 1. The summed E-state index contributed by atoms with van der Waals surface area (Å²) in [6.07, 6.45) is 0.592. The highest BCUT2D eigenvalue weighted by atomic mass is 32.2. The number of aryl methyl sites for hydroxylation is 2. The molecule has 0 bridgehead atoms. The summed E-state index contributed by atoms with van der Waals surface area (Å²) in [5.41, 5.74) is 8.24. The SMILES string of the molecule is Cc1nnc2sc(C(=O)NCC3CCS(=O)(=O)C3)c(N)c2c1C. The van der Waals surface area contributed by atoms with E-state index in [9.17, 15) is 13.2 Å². The fourth-order valence-corrected chi connectivity index (χ4v) is 5.64. The molecule has 3 rings (SSSR count). The lowest BCUT2D eigenvalue weighted by Crippen LogP contribution is -2.29.